The van der Waals surface area contributed by atoms with Crippen LogP contribution in [-0.2, 0) is 0 Å². The van der Waals surface area contributed by atoms with E-state index >= 15 is 0 Å². The lowest BCUT2D eigenvalue weighted by Crippen LogP contribution is -2.12. The number of fused-ring (bicyclic) bond motifs is 1. The van der Waals surface area contributed by atoms with Crippen LogP contribution < -0.4 is 4.90 Å². The highest BCUT2D eigenvalue weighted by molar-refractivity contribution is 7.21. The fraction of sp³-hybridized carbons (Fsp3) is 0. The highest BCUT2D eigenvalue weighted by Gasteiger charge is 2.16. The molecule has 4 nitrogen and oxygen atoms in total. The van der Waals surface area contributed by atoms with Crippen LogP contribution in [0, 0.1) is 0 Å². The van der Waals surface area contributed by atoms with Gasteiger partial charge in [-0.1, -0.05) is 42.5 Å². The molecule has 0 aliphatic carbocycles. The molecule has 0 fully saturated rings. The van der Waals surface area contributed by atoms with E-state index in [0.717, 1.165) is 39.1 Å². The first-order valence-electron chi connectivity index (χ1n) is 10.8. The summed E-state index contributed by atoms with van der Waals surface area (Å²) in [6.45, 7) is 0. The number of nitrogens with zero attached hydrogens (tertiary/aromatic N) is 4. The maximum absolute atomic E-state index is 5.05. The van der Waals surface area contributed by atoms with Gasteiger partial charge < -0.3 is 4.57 Å². The molecule has 0 aliphatic rings. The number of hydrogen-bond donors (Lipinski definition) is 0. The Labute approximate surface area is 196 Å². The summed E-state index contributed by atoms with van der Waals surface area (Å²) in [5, 5.41) is 0.923. The molecular formula is C28H20N4S. The van der Waals surface area contributed by atoms with Crippen molar-refractivity contribution in [3.8, 4) is 16.4 Å². The monoisotopic (exact) mass is 444 g/mol. The third kappa shape index (κ3) is 3.79. The molecular weight excluding hydrogens is 424 g/mol. The summed E-state index contributed by atoms with van der Waals surface area (Å²) in [6, 6.07) is 37.2. The van der Waals surface area contributed by atoms with Crippen LogP contribution in [0.25, 0.3) is 26.6 Å². The van der Waals surface area contributed by atoms with E-state index in [9.17, 15) is 0 Å². The zero-order valence-corrected chi connectivity index (χ0v) is 18.6. The van der Waals surface area contributed by atoms with E-state index in [1.54, 1.807) is 11.3 Å². The van der Waals surface area contributed by atoms with Crippen molar-refractivity contribution in [2.45, 2.75) is 0 Å². The summed E-state index contributed by atoms with van der Waals surface area (Å²) in [6.07, 6.45) is 4.11. The third-order valence-electron chi connectivity index (χ3n) is 5.48. The van der Waals surface area contributed by atoms with Crippen LogP contribution >= 0.6 is 11.3 Å². The van der Waals surface area contributed by atoms with E-state index in [1.165, 1.54) is 4.70 Å². The van der Waals surface area contributed by atoms with Crippen molar-refractivity contribution in [2.75, 3.05) is 4.90 Å². The van der Waals surface area contributed by atoms with Gasteiger partial charge in [0.05, 0.1) is 10.2 Å². The van der Waals surface area contributed by atoms with E-state index in [-0.39, 0.29) is 0 Å². The standard InChI is InChI=1S/C28H20N4S/c1-2-10-21(11-3-1)32(23-13-8-12-22(20-23)31-18-6-7-19-31)27-17-9-15-25(29-27)28-30-24-14-4-5-16-26(24)33-28/h1-20H. The van der Waals surface area contributed by atoms with Crippen LogP contribution in [0.15, 0.2) is 122 Å². The molecule has 6 aromatic rings. The van der Waals surface area contributed by atoms with Crippen molar-refractivity contribution in [1.29, 1.82) is 0 Å². The second-order valence-corrected chi connectivity index (χ2v) is 8.68. The van der Waals surface area contributed by atoms with Gasteiger partial charge >= 0.3 is 0 Å². The number of rotatable bonds is 5. The fourth-order valence-electron chi connectivity index (χ4n) is 3.94. The minimum absolute atomic E-state index is 0.850. The Balaban J connectivity index is 1.48. The molecule has 158 valence electrons. The van der Waals surface area contributed by atoms with Gasteiger partial charge in [-0.05, 0) is 66.7 Å². The maximum atomic E-state index is 5.05. The molecule has 33 heavy (non-hydrogen) atoms. The molecule has 0 spiro atoms. The Kier molecular flexibility index (Phi) is 4.94. The van der Waals surface area contributed by atoms with E-state index in [0.29, 0.717) is 0 Å². The van der Waals surface area contributed by atoms with Gasteiger partial charge in [-0.25, -0.2) is 9.97 Å². The quantitative estimate of drug-likeness (QED) is 0.274. The number of pyridine rings is 1. The highest BCUT2D eigenvalue weighted by atomic mass is 32.1. The van der Waals surface area contributed by atoms with Gasteiger partial charge in [0.2, 0.25) is 0 Å². The molecule has 0 amide bonds. The largest absolute Gasteiger partial charge is 0.324 e. The third-order valence-corrected chi connectivity index (χ3v) is 6.54. The maximum Gasteiger partial charge on any atom is 0.143 e. The van der Waals surface area contributed by atoms with Gasteiger partial charge in [-0.15, -0.1) is 11.3 Å². The Morgan fingerprint density at radius 2 is 1.39 bits per heavy atom. The van der Waals surface area contributed by atoms with E-state index in [4.69, 9.17) is 9.97 Å². The minimum Gasteiger partial charge on any atom is -0.324 e. The van der Waals surface area contributed by atoms with Gasteiger partial charge in [0.1, 0.15) is 16.5 Å². The van der Waals surface area contributed by atoms with E-state index < -0.39 is 0 Å². The lowest BCUT2D eigenvalue weighted by atomic mass is 10.2. The average molecular weight is 445 g/mol. The molecule has 0 radical (unpaired) electrons. The molecule has 0 aliphatic heterocycles. The summed E-state index contributed by atoms with van der Waals surface area (Å²) < 4.78 is 3.27. The molecule has 3 aromatic heterocycles. The summed E-state index contributed by atoms with van der Waals surface area (Å²) in [7, 11) is 0. The molecule has 0 unspecified atom stereocenters. The zero-order valence-electron chi connectivity index (χ0n) is 17.7. The Bertz CT molecular complexity index is 1490. The van der Waals surface area contributed by atoms with Gasteiger partial charge in [-0.2, -0.15) is 0 Å². The topological polar surface area (TPSA) is 34.0 Å². The van der Waals surface area contributed by atoms with Crippen molar-refractivity contribution in [1.82, 2.24) is 14.5 Å². The average Bonchev–Trinajstić information content (AvgIpc) is 3.56. The number of hydrogen-bond acceptors (Lipinski definition) is 4. The number of aromatic nitrogens is 3. The summed E-state index contributed by atoms with van der Waals surface area (Å²) in [5.41, 5.74) is 5.07. The normalized spacial score (nSPS) is 11.0. The van der Waals surface area contributed by atoms with E-state index in [1.807, 2.05) is 48.5 Å². The van der Waals surface area contributed by atoms with Crippen molar-refractivity contribution in [3.63, 3.8) is 0 Å². The van der Waals surface area contributed by atoms with Gasteiger partial charge in [-0.3, -0.25) is 4.90 Å². The number of para-hydroxylation sites is 2. The Morgan fingerprint density at radius 1 is 0.636 bits per heavy atom. The number of benzene rings is 3. The Hall–Kier alpha value is -4.22. The SMILES string of the molecule is c1ccc(N(c2cccc(-n3cccc3)c2)c2cccc(-c3nc4ccccc4s3)n2)cc1. The van der Waals surface area contributed by atoms with Gasteiger partial charge in [0, 0.05) is 29.5 Å². The summed E-state index contributed by atoms with van der Waals surface area (Å²) in [4.78, 5) is 12.0. The number of thiazole rings is 1. The van der Waals surface area contributed by atoms with E-state index in [2.05, 4.69) is 82.5 Å². The first kappa shape index (κ1) is 19.5. The summed E-state index contributed by atoms with van der Waals surface area (Å²) in [5.74, 6) is 0.850. The second kappa shape index (κ2) is 8.37. The molecule has 0 atom stereocenters. The minimum atomic E-state index is 0.850. The molecule has 5 heteroatoms. The predicted molar refractivity (Wildman–Crippen MR) is 137 cm³/mol. The molecule has 0 saturated carbocycles. The van der Waals surface area contributed by atoms with Crippen LogP contribution in [-0.4, -0.2) is 14.5 Å². The highest BCUT2D eigenvalue weighted by Crippen LogP contribution is 2.36. The zero-order chi connectivity index (χ0) is 22.0. The number of anilines is 3. The fourth-order valence-corrected chi connectivity index (χ4v) is 4.87. The predicted octanol–water partition coefficient (Wildman–Crippen LogP) is 7.62. The first-order chi connectivity index (χ1) is 16.3. The molecule has 0 N–H and O–H groups in total. The lowest BCUT2D eigenvalue weighted by Gasteiger charge is -2.25. The first-order valence-corrected chi connectivity index (χ1v) is 11.6. The van der Waals surface area contributed by atoms with Crippen molar-refractivity contribution in [2.24, 2.45) is 0 Å². The lowest BCUT2D eigenvalue weighted by molar-refractivity contribution is 1.07. The molecule has 3 heterocycles. The van der Waals surface area contributed by atoms with Crippen LogP contribution in [0.4, 0.5) is 17.2 Å². The van der Waals surface area contributed by atoms with Gasteiger partial charge in [0.25, 0.3) is 0 Å². The van der Waals surface area contributed by atoms with Crippen molar-refractivity contribution in [3.05, 3.63) is 122 Å². The second-order valence-electron chi connectivity index (χ2n) is 7.65. The molecule has 0 saturated heterocycles. The van der Waals surface area contributed by atoms with Crippen LogP contribution in [0.5, 0.6) is 0 Å². The van der Waals surface area contributed by atoms with Crippen LogP contribution in [0.3, 0.4) is 0 Å². The van der Waals surface area contributed by atoms with Crippen LogP contribution in [0.1, 0.15) is 0 Å². The molecule has 6 rings (SSSR count). The van der Waals surface area contributed by atoms with Crippen molar-refractivity contribution >= 4 is 38.7 Å². The molecule has 3 aromatic carbocycles. The summed E-state index contributed by atoms with van der Waals surface area (Å²) >= 11 is 1.67. The van der Waals surface area contributed by atoms with Crippen molar-refractivity contribution < 1.29 is 0 Å². The Morgan fingerprint density at radius 3 is 2.24 bits per heavy atom. The molecule has 0 bridgehead atoms. The smallest absolute Gasteiger partial charge is 0.143 e. The van der Waals surface area contributed by atoms with Crippen LogP contribution in [0.2, 0.25) is 0 Å². The van der Waals surface area contributed by atoms with Gasteiger partial charge in [0.15, 0.2) is 0 Å².